The summed E-state index contributed by atoms with van der Waals surface area (Å²) in [5, 5.41) is 20.1. The van der Waals surface area contributed by atoms with Crippen molar-refractivity contribution >= 4 is 11.9 Å². The molecule has 0 aromatic carbocycles. The van der Waals surface area contributed by atoms with Gasteiger partial charge in [0.15, 0.2) is 0 Å². The minimum atomic E-state index is -1.08. The van der Waals surface area contributed by atoms with Crippen LogP contribution in [0, 0.1) is 11.8 Å². The van der Waals surface area contributed by atoms with E-state index in [0.29, 0.717) is 12.5 Å². The van der Waals surface area contributed by atoms with Gasteiger partial charge in [0.1, 0.15) is 0 Å². The van der Waals surface area contributed by atoms with Crippen LogP contribution in [-0.4, -0.2) is 35.2 Å². The summed E-state index contributed by atoms with van der Waals surface area (Å²) in [5.74, 6) is -2.56. The first-order chi connectivity index (χ1) is 6.43. The van der Waals surface area contributed by atoms with Gasteiger partial charge >= 0.3 is 11.9 Å². The Morgan fingerprint density at radius 3 is 2.14 bits per heavy atom. The molecule has 0 spiro atoms. The lowest BCUT2D eigenvalue weighted by Gasteiger charge is -2.12. The molecular weight excluding hydrogens is 186 g/mol. The molecule has 0 radical (unpaired) electrons. The number of carbonyl (C=O) groups is 2. The molecule has 3 N–H and O–H groups in total. The lowest BCUT2D eigenvalue weighted by molar-refractivity contribution is -0.148. The van der Waals surface area contributed by atoms with Gasteiger partial charge < -0.3 is 15.5 Å². The highest BCUT2D eigenvalue weighted by atomic mass is 16.4. The number of hydrogen-bond donors (Lipinski definition) is 3. The van der Waals surface area contributed by atoms with Crippen LogP contribution in [0.1, 0.15) is 20.3 Å². The van der Waals surface area contributed by atoms with E-state index in [9.17, 15) is 9.59 Å². The summed E-state index contributed by atoms with van der Waals surface area (Å²) in [4.78, 5) is 20.9. The molecule has 5 heteroatoms. The highest BCUT2D eigenvalue weighted by Crippen LogP contribution is 2.02. The molecular formula is C9H17NO4. The molecule has 0 amide bonds. The Bertz CT molecular complexity index is 203. The molecule has 0 bridgehead atoms. The van der Waals surface area contributed by atoms with E-state index in [1.54, 1.807) is 0 Å². The molecule has 82 valence electrons. The van der Waals surface area contributed by atoms with Crippen LogP contribution in [0.3, 0.4) is 0 Å². The van der Waals surface area contributed by atoms with Crippen molar-refractivity contribution in [1.29, 1.82) is 0 Å². The Morgan fingerprint density at radius 1 is 1.21 bits per heavy atom. The zero-order chi connectivity index (χ0) is 11.1. The fourth-order valence-electron chi connectivity index (χ4n) is 1.00. The number of carboxylic acids is 2. The Morgan fingerprint density at radius 2 is 1.79 bits per heavy atom. The molecule has 0 aromatic heterocycles. The standard InChI is InChI=1S/C9H17NO4/c1-6(2)4-10-5-7(9(13)14)3-8(11)12/h6-7,10H,3-5H2,1-2H3,(H,11,12)(H,13,14). The molecule has 0 heterocycles. The summed E-state index contributed by atoms with van der Waals surface area (Å²) in [6, 6.07) is 0. The molecule has 0 aliphatic heterocycles. The van der Waals surface area contributed by atoms with Gasteiger partial charge in [-0.3, -0.25) is 9.59 Å². The second-order valence-electron chi connectivity index (χ2n) is 3.69. The Kier molecular flexibility index (Phi) is 5.87. The summed E-state index contributed by atoms with van der Waals surface area (Å²) >= 11 is 0. The second kappa shape index (κ2) is 6.37. The maximum Gasteiger partial charge on any atom is 0.308 e. The van der Waals surface area contributed by atoms with Gasteiger partial charge in [-0.2, -0.15) is 0 Å². The van der Waals surface area contributed by atoms with Crippen LogP contribution < -0.4 is 5.32 Å². The molecule has 0 aliphatic carbocycles. The minimum Gasteiger partial charge on any atom is -0.481 e. The van der Waals surface area contributed by atoms with E-state index in [1.165, 1.54) is 0 Å². The molecule has 5 nitrogen and oxygen atoms in total. The Hall–Kier alpha value is -1.10. The third kappa shape index (κ3) is 6.42. The van der Waals surface area contributed by atoms with Crippen molar-refractivity contribution in [2.24, 2.45) is 11.8 Å². The highest BCUT2D eigenvalue weighted by Gasteiger charge is 2.20. The summed E-state index contributed by atoms with van der Waals surface area (Å²) < 4.78 is 0. The van der Waals surface area contributed by atoms with Gasteiger partial charge in [0.05, 0.1) is 12.3 Å². The SMILES string of the molecule is CC(C)CNCC(CC(=O)O)C(=O)O. The number of rotatable bonds is 7. The zero-order valence-corrected chi connectivity index (χ0v) is 8.49. The zero-order valence-electron chi connectivity index (χ0n) is 8.49. The molecule has 1 atom stereocenters. The van der Waals surface area contributed by atoms with Crippen molar-refractivity contribution in [3.63, 3.8) is 0 Å². The topological polar surface area (TPSA) is 86.6 Å². The first-order valence-corrected chi connectivity index (χ1v) is 4.58. The van der Waals surface area contributed by atoms with E-state index in [1.807, 2.05) is 13.8 Å². The number of carboxylic acid groups (broad SMARTS) is 2. The smallest absolute Gasteiger partial charge is 0.308 e. The van der Waals surface area contributed by atoms with E-state index in [4.69, 9.17) is 10.2 Å². The minimum absolute atomic E-state index is 0.208. The van der Waals surface area contributed by atoms with Crippen LogP contribution in [0.2, 0.25) is 0 Å². The number of hydrogen-bond acceptors (Lipinski definition) is 3. The lowest BCUT2D eigenvalue weighted by Crippen LogP contribution is -2.32. The van der Waals surface area contributed by atoms with Gasteiger partial charge in [-0.1, -0.05) is 13.8 Å². The average Bonchev–Trinajstić information content (AvgIpc) is 2.00. The lowest BCUT2D eigenvalue weighted by atomic mass is 10.1. The highest BCUT2D eigenvalue weighted by molar-refractivity contribution is 5.77. The van der Waals surface area contributed by atoms with Crippen LogP contribution >= 0.6 is 0 Å². The van der Waals surface area contributed by atoms with Crippen molar-refractivity contribution < 1.29 is 19.8 Å². The van der Waals surface area contributed by atoms with Crippen LogP contribution in [0.5, 0.6) is 0 Å². The molecule has 0 saturated carbocycles. The first-order valence-electron chi connectivity index (χ1n) is 4.58. The van der Waals surface area contributed by atoms with Crippen molar-refractivity contribution in [2.45, 2.75) is 20.3 Å². The van der Waals surface area contributed by atoms with Gasteiger partial charge in [0.2, 0.25) is 0 Å². The predicted octanol–water partition coefficient (Wildman–Crippen LogP) is 0.407. The van der Waals surface area contributed by atoms with E-state index >= 15 is 0 Å². The van der Waals surface area contributed by atoms with Gasteiger partial charge in [-0.25, -0.2) is 0 Å². The van der Waals surface area contributed by atoms with Crippen LogP contribution in [0.4, 0.5) is 0 Å². The number of aliphatic carboxylic acids is 2. The monoisotopic (exact) mass is 203 g/mol. The maximum absolute atomic E-state index is 10.6. The maximum atomic E-state index is 10.6. The molecule has 0 aromatic rings. The van der Waals surface area contributed by atoms with Crippen molar-refractivity contribution in [3.05, 3.63) is 0 Å². The van der Waals surface area contributed by atoms with Crippen LogP contribution in [0.15, 0.2) is 0 Å². The fourth-order valence-corrected chi connectivity index (χ4v) is 1.00. The van der Waals surface area contributed by atoms with Gasteiger partial charge in [-0.05, 0) is 12.5 Å². The molecule has 1 unspecified atom stereocenters. The summed E-state index contributed by atoms with van der Waals surface area (Å²) in [6.07, 6.45) is -0.333. The normalized spacial score (nSPS) is 12.8. The van der Waals surface area contributed by atoms with E-state index < -0.39 is 17.9 Å². The number of nitrogens with one attached hydrogen (secondary N) is 1. The third-order valence-electron chi connectivity index (χ3n) is 1.71. The molecule has 0 fully saturated rings. The Labute approximate surface area is 83.1 Å². The largest absolute Gasteiger partial charge is 0.481 e. The van der Waals surface area contributed by atoms with Crippen LogP contribution in [0.25, 0.3) is 0 Å². The van der Waals surface area contributed by atoms with E-state index in [-0.39, 0.29) is 13.0 Å². The Balaban J connectivity index is 3.86. The molecule has 0 rings (SSSR count). The van der Waals surface area contributed by atoms with Gasteiger partial charge in [0, 0.05) is 6.54 Å². The predicted molar refractivity (Wildman–Crippen MR) is 51.1 cm³/mol. The molecule has 0 saturated heterocycles. The summed E-state index contributed by atoms with van der Waals surface area (Å²) in [7, 11) is 0. The van der Waals surface area contributed by atoms with Gasteiger partial charge in [0.25, 0.3) is 0 Å². The van der Waals surface area contributed by atoms with Crippen molar-refractivity contribution in [1.82, 2.24) is 5.32 Å². The summed E-state index contributed by atoms with van der Waals surface area (Å²) in [5.41, 5.74) is 0. The first kappa shape index (κ1) is 12.9. The summed E-state index contributed by atoms with van der Waals surface area (Å²) in [6.45, 7) is 4.91. The quantitative estimate of drug-likeness (QED) is 0.557. The fraction of sp³-hybridized carbons (Fsp3) is 0.778. The van der Waals surface area contributed by atoms with Crippen LogP contribution in [-0.2, 0) is 9.59 Å². The van der Waals surface area contributed by atoms with E-state index in [2.05, 4.69) is 5.32 Å². The van der Waals surface area contributed by atoms with Crippen molar-refractivity contribution in [3.8, 4) is 0 Å². The van der Waals surface area contributed by atoms with E-state index in [0.717, 1.165) is 0 Å². The second-order valence-corrected chi connectivity index (χ2v) is 3.69. The average molecular weight is 203 g/mol. The molecule has 0 aliphatic rings. The third-order valence-corrected chi connectivity index (χ3v) is 1.71. The van der Waals surface area contributed by atoms with Gasteiger partial charge in [-0.15, -0.1) is 0 Å². The molecule has 14 heavy (non-hydrogen) atoms. The van der Waals surface area contributed by atoms with Crippen molar-refractivity contribution in [2.75, 3.05) is 13.1 Å².